The number of amides is 2. The van der Waals surface area contributed by atoms with Crippen molar-refractivity contribution in [3.8, 4) is 0 Å². The molecule has 1 aromatic carbocycles. The van der Waals surface area contributed by atoms with Crippen LogP contribution in [-0.4, -0.2) is 41.3 Å². The van der Waals surface area contributed by atoms with Gasteiger partial charge >= 0.3 is 0 Å². The molecule has 124 valence electrons. The van der Waals surface area contributed by atoms with E-state index >= 15 is 0 Å². The van der Waals surface area contributed by atoms with E-state index < -0.39 is 0 Å². The number of rotatable bonds is 7. The highest BCUT2D eigenvalue weighted by molar-refractivity contribution is 9.10. The van der Waals surface area contributed by atoms with Gasteiger partial charge in [0.2, 0.25) is 5.91 Å². The first kappa shape index (κ1) is 17.5. The number of carbonyl (C=O) groups is 2. The van der Waals surface area contributed by atoms with Gasteiger partial charge in [-0.25, -0.2) is 0 Å². The van der Waals surface area contributed by atoms with E-state index in [2.05, 4.69) is 26.2 Å². The van der Waals surface area contributed by atoms with Gasteiger partial charge in [0.05, 0.1) is 0 Å². The van der Waals surface area contributed by atoms with Crippen molar-refractivity contribution in [1.82, 2.24) is 15.2 Å². The minimum absolute atomic E-state index is 0.139. The Kier molecular flexibility index (Phi) is 6.21. The third-order valence-electron chi connectivity index (χ3n) is 3.80. The third kappa shape index (κ3) is 4.58. The molecule has 0 unspecified atom stereocenters. The molecule has 0 bridgehead atoms. The molecule has 0 aliphatic carbocycles. The maximum Gasteiger partial charge on any atom is 0.267 e. The topological polar surface area (TPSA) is 65.2 Å². The second-order valence-electron chi connectivity index (χ2n) is 5.34. The lowest BCUT2D eigenvalue weighted by molar-refractivity contribution is -0.130. The molecule has 0 saturated heterocycles. The summed E-state index contributed by atoms with van der Waals surface area (Å²) in [5, 5.41) is 3.85. The molecule has 0 aliphatic heterocycles. The van der Waals surface area contributed by atoms with E-state index in [0.717, 1.165) is 28.5 Å². The summed E-state index contributed by atoms with van der Waals surface area (Å²) in [5.74, 6) is -0.00711. The number of nitrogens with one attached hydrogen (secondary N) is 2. The zero-order valence-electron chi connectivity index (χ0n) is 13.5. The van der Waals surface area contributed by atoms with Crippen molar-refractivity contribution < 1.29 is 9.59 Å². The van der Waals surface area contributed by atoms with Gasteiger partial charge in [-0.3, -0.25) is 9.59 Å². The van der Waals surface area contributed by atoms with E-state index in [1.54, 1.807) is 4.90 Å². The van der Waals surface area contributed by atoms with Gasteiger partial charge in [0, 0.05) is 41.4 Å². The van der Waals surface area contributed by atoms with Crippen LogP contribution >= 0.6 is 15.9 Å². The maximum atomic E-state index is 12.1. The van der Waals surface area contributed by atoms with E-state index in [1.165, 1.54) is 0 Å². The largest absolute Gasteiger partial charge is 0.351 e. The van der Waals surface area contributed by atoms with Crippen LogP contribution in [0.4, 0.5) is 0 Å². The zero-order valence-corrected chi connectivity index (χ0v) is 15.1. The molecule has 6 heteroatoms. The fraction of sp³-hybridized carbons (Fsp3) is 0.412. The molecular weight excluding hydrogens is 358 g/mol. The van der Waals surface area contributed by atoms with Crippen LogP contribution in [0, 0.1) is 0 Å². The lowest BCUT2D eigenvalue weighted by atomic mass is 10.2. The summed E-state index contributed by atoms with van der Waals surface area (Å²) in [6.45, 7) is 5.89. The van der Waals surface area contributed by atoms with Crippen molar-refractivity contribution in [1.29, 1.82) is 0 Å². The number of hydrogen-bond acceptors (Lipinski definition) is 2. The van der Waals surface area contributed by atoms with E-state index in [9.17, 15) is 9.59 Å². The molecule has 23 heavy (non-hydrogen) atoms. The summed E-state index contributed by atoms with van der Waals surface area (Å²) in [6, 6.07) is 7.67. The normalized spacial score (nSPS) is 10.7. The fourth-order valence-corrected chi connectivity index (χ4v) is 2.85. The van der Waals surface area contributed by atoms with Crippen molar-refractivity contribution in [2.45, 2.75) is 26.7 Å². The molecule has 1 aromatic heterocycles. The molecule has 5 nitrogen and oxygen atoms in total. The van der Waals surface area contributed by atoms with Crippen molar-refractivity contribution in [2.75, 3.05) is 19.6 Å². The van der Waals surface area contributed by atoms with Crippen LogP contribution in [0.3, 0.4) is 0 Å². The summed E-state index contributed by atoms with van der Waals surface area (Å²) in [6.07, 6.45) is 1.11. The quantitative estimate of drug-likeness (QED) is 0.724. The standard InChI is InChI=1S/C17H22BrN3O2/c1-3-21(4-2)16(22)6-5-9-19-17(23)15-10-12-7-8-13(18)11-14(12)20-15/h7-8,10-11,20H,3-6,9H2,1-2H3,(H,19,23). The first-order valence-corrected chi connectivity index (χ1v) is 8.68. The van der Waals surface area contributed by atoms with Crippen molar-refractivity contribution >= 4 is 38.6 Å². The number of aromatic amines is 1. The predicted molar refractivity (Wildman–Crippen MR) is 95.5 cm³/mol. The van der Waals surface area contributed by atoms with Gasteiger partial charge in [-0.2, -0.15) is 0 Å². The molecule has 1 heterocycles. The molecule has 0 atom stereocenters. The summed E-state index contributed by atoms with van der Waals surface area (Å²) < 4.78 is 0.966. The Hall–Kier alpha value is -1.82. The van der Waals surface area contributed by atoms with E-state index in [1.807, 2.05) is 38.1 Å². The average molecular weight is 380 g/mol. The van der Waals surface area contributed by atoms with Crippen molar-refractivity contribution in [3.05, 3.63) is 34.4 Å². The lowest BCUT2D eigenvalue weighted by Crippen LogP contribution is -2.31. The number of benzene rings is 1. The van der Waals surface area contributed by atoms with E-state index in [4.69, 9.17) is 0 Å². The van der Waals surface area contributed by atoms with E-state index in [0.29, 0.717) is 25.1 Å². The molecule has 2 amide bonds. The van der Waals surface area contributed by atoms with Crippen LogP contribution in [0.1, 0.15) is 37.2 Å². The average Bonchev–Trinajstić information content (AvgIpc) is 2.95. The van der Waals surface area contributed by atoms with Crippen molar-refractivity contribution in [3.63, 3.8) is 0 Å². The minimum atomic E-state index is -0.146. The highest BCUT2D eigenvalue weighted by Gasteiger charge is 2.11. The van der Waals surface area contributed by atoms with Gasteiger partial charge < -0.3 is 15.2 Å². The lowest BCUT2D eigenvalue weighted by Gasteiger charge is -2.18. The highest BCUT2D eigenvalue weighted by Crippen LogP contribution is 2.20. The number of hydrogen-bond donors (Lipinski definition) is 2. The second kappa shape index (κ2) is 8.15. The minimum Gasteiger partial charge on any atom is -0.351 e. The molecule has 2 rings (SSSR count). The molecule has 0 aliphatic rings. The molecule has 2 aromatic rings. The van der Waals surface area contributed by atoms with Gasteiger partial charge in [0.25, 0.3) is 5.91 Å². The fourth-order valence-electron chi connectivity index (χ4n) is 2.49. The monoisotopic (exact) mass is 379 g/mol. The third-order valence-corrected chi connectivity index (χ3v) is 4.29. The Bertz CT molecular complexity index is 692. The number of halogens is 1. The second-order valence-corrected chi connectivity index (χ2v) is 6.26. The Labute approximate surface area is 144 Å². The number of H-pyrrole nitrogens is 1. The first-order valence-electron chi connectivity index (χ1n) is 7.89. The summed E-state index contributed by atoms with van der Waals surface area (Å²) in [7, 11) is 0. The number of aromatic nitrogens is 1. The predicted octanol–water partition coefficient (Wildman–Crippen LogP) is 3.31. The number of nitrogens with zero attached hydrogens (tertiary/aromatic N) is 1. The Balaban J connectivity index is 1.83. The molecular formula is C17H22BrN3O2. The molecule has 0 saturated carbocycles. The summed E-state index contributed by atoms with van der Waals surface area (Å²) in [4.78, 5) is 28.9. The molecule has 2 N–H and O–H groups in total. The van der Waals surface area contributed by atoms with E-state index in [-0.39, 0.29) is 11.8 Å². The van der Waals surface area contributed by atoms with Crippen LogP contribution in [0.15, 0.2) is 28.7 Å². The molecule has 0 spiro atoms. The Morgan fingerprint density at radius 2 is 1.96 bits per heavy atom. The van der Waals surface area contributed by atoms with Gasteiger partial charge in [-0.15, -0.1) is 0 Å². The zero-order chi connectivity index (χ0) is 16.8. The van der Waals surface area contributed by atoms with Crippen molar-refractivity contribution in [2.24, 2.45) is 0 Å². The first-order chi connectivity index (χ1) is 11.0. The number of carbonyl (C=O) groups excluding carboxylic acids is 2. The van der Waals surface area contributed by atoms with Gasteiger partial charge in [-0.1, -0.05) is 22.0 Å². The maximum absolute atomic E-state index is 12.1. The SMILES string of the molecule is CCN(CC)C(=O)CCCNC(=O)c1cc2ccc(Br)cc2[nH]1. The smallest absolute Gasteiger partial charge is 0.267 e. The van der Waals surface area contributed by atoms with Crippen LogP contribution in [-0.2, 0) is 4.79 Å². The summed E-state index contributed by atoms with van der Waals surface area (Å²) >= 11 is 3.41. The molecule has 0 radical (unpaired) electrons. The molecule has 0 fully saturated rings. The van der Waals surface area contributed by atoms with Crippen LogP contribution in [0.2, 0.25) is 0 Å². The highest BCUT2D eigenvalue weighted by atomic mass is 79.9. The van der Waals surface area contributed by atoms with Gasteiger partial charge in [0.15, 0.2) is 0 Å². The van der Waals surface area contributed by atoms with Crippen LogP contribution < -0.4 is 5.32 Å². The van der Waals surface area contributed by atoms with Crippen LogP contribution in [0.25, 0.3) is 10.9 Å². The Morgan fingerprint density at radius 1 is 1.22 bits per heavy atom. The van der Waals surface area contributed by atoms with Gasteiger partial charge in [-0.05, 0) is 38.5 Å². The van der Waals surface area contributed by atoms with Gasteiger partial charge in [0.1, 0.15) is 5.69 Å². The summed E-state index contributed by atoms with van der Waals surface area (Å²) in [5.41, 5.74) is 1.45. The Morgan fingerprint density at radius 3 is 2.65 bits per heavy atom. The number of fused-ring (bicyclic) bond motifs is 1. The van der Waals surface area contributed by atoms with Crippen LogP contribution in [0.5, 0.6) is 0 Å².